The smallest absolute Gasteiger partial charge is 0.241 e. The van der Waals surface area contributed by atoms with Crippen molar-refractivity contribution in [3.05, 3.63) is 23.4 Å². The van der Waals surface area contributed by atoms with Crippen LogP contribution < -0.4 is 5.73 Å². The molecule has 2 N–H and O–H groups in total. The molecule has 3 unspecified atom stereocenters. The molecule has 1 aliphatic carbocycles. The zero-order valence-electron chi connectivity index (χ0n) is 11.2. The van der Waals surface area contributed by atoms with Crippen LogP contribution in [0.15, 0.2) is 22.0 Å². The molecule has 2 aliphatic rings. The van der Waals surface area contributed by atoms with Gasteiger partial charge in [0.25, 0.3) is 0 Å². The zero-order valence-corrected chi connectivity index (χ0v) is 12.1. The molecule has 4 rings (SSSR count). The van der Waals surface area contributed by atoms with Gasteiger partial charge in [0.15, 0.2) is 0 Å². The highest BCUT2D eigenvalue weighted by atomic mass is 32.1. The molecule has 1 saturated heterocycles. The SMILES string of the molecule is NC1CCC2CN(Cc3nc(-c4cccs4)no3)CC12. The Kier molecular flexibility index (Phi) is 3.09. The Labute approximate surface area is 121 Å². The number of hydrogen-bond acceptors (Lipinski definition) is 6. The molecule has 0 aromatic carbocycles. The molecular formula is C14H18N4OS. The maximum Gasteiger partial charge on any atom is 0.241 e. The summed E-state index contributed by atoms with van der Waals surface area (Å²) in [6.07, 6.45) is 2.46. The number of thiophene rings is 1. The summed E-state index contributed by atoms with van der Waals surface area (Å²) in [7, 11) is 0. The van der Waals surface area contributed by atoms with Crippen molar-refractivity contribution in [2.45, 2.75) is 25.4 Å². The van der Waals surface area contributed by atoms with Crippen LogP contribution in [0, 0.1) is 11.8 Å². The lowest BCUT2D eigenvalue weighted by molar-refractivity contribution is 0.250. The van der Waals surface area contributed by atoms with Gasteiger partial charge in [-0.1, -0.05) is 11.2 Å². The summed E-state index contributed by atoms with van der Waals surface area (Å²) < 4.78 is 5.37. The van der Waals surface area contributed by atoms with E-state index in [1.807, 2.05) is 17.5 Å². The van der Waals surface area contributed by atoms with Crippen LogP contribution in [-0.2, 0) is 6.54 Å². The van der Waals surface area contributed by atoms with E-state index in [9.17, 15) is 0 Å². The molecule has 2 aromatic heterocycles. The van der Waals surface area contributed by atoms with E-state index in [2.05, 4.69) is 15.0 Å². The minimum atomic E-state index is 0.384. The second-order valence-corrected chi connectivity index (χ2v) is 6.80. The van der Waals surface area contributed by atoms with Gasteiger partial charge in [0, 0.05) is 19.1 Å². The van der Waals surface area contributed by atoms with Gasteiger partial charge in [0.05, 0.1) is 11.4 Å². The number of nitrogens with zero attached hydrogens (tertiary/aromatic N) is 3. The fourth-order valence-electron chi connectivity index (χ4n) is 3.55. The minimum Gasteiger partial charge on any atom is -0.338 e. The minimum absolute atomic E-state index is 0.384. The van der Waals surface area contributed by atoms with Gasteiger partial charge in [-0.15, -0.1) is 11.3 Å². The summed E-state index contributed by atoms with van der Waals surface area (Å²) in [6, 6.07) is 4.40. The van der Waals surface area contributed by atoms with E-state index in [0.29, 0.717) is 23.7 Å². The Morgan fingerprint density at radius 3 is 3.15 bits per heavy atom. The van der Waals surface area contributed by atoms with Gasteiger partial charge in [0.2, 0.25) is 11.7 Å². The maximum atomic E-state index is 6.17. The molecule has 0 spiro atoms. The summed E-state index contributed by atoms with van der Waals surface area (Å²) in [5, 5.41) is 6.08. The van der Waals surface area contributed by atoms with Crippen LogP contribution in [-0.4, -0.2) is 34.2 Å². The van der Waals surface area contributed by atoms with Crippen LogP contribution in [0.1, 0.15) is 18.7 Å². The number of aromatic nitrogens is 2. The van der Waals surface area contributed by atoms with Crippen molar-refractivity contribution in [3.8, 4) is 10.7 Å². The van der Waals surface area contributed by atoms with Gasteiger partial charge in [-0.3, -0.25) is 4.90 Å². The van der Waals surface area contributed by atoms with Crippen molar-refractivity contribution >= 4 is 11.3 Å². The standard InChI is InChI=1S/C14H18N4OS/c15-11-4-3-9-6-18(7-10(9)11)8-13-16-14(17-19-13)12-2-1-5-20-12/h1-2,5,9-11H,3-4,6-8,15H2. The Hall–Kier alpha value is -1.24. The Balaban J connectivity index is 1.43. The van der Waals surface area contributed by atoms with Gasteiger partial charge in [-0.2, -0.15) is 4.98 Å². The lowest BCUT2D eigenvalue weighted by Gasteiger charge is -2.15. The van der Waals surface area contributed by atoms with Gasteiger partial charge in [-0.05, 0) is 36.1 Å². The summed E-state index contributed by atoms with van der Waals surface area (Å²) in [6.45, 7) is 2.94. The maximum absolute atomic E-state index is 6.17. The molecule has 3 heterocycles. The van der Waals surface area contributed by atoms with Crippen LogP contribution in [0.4, 0.5) is 0 Å². The Morgan fingerprint density at radius 1 is 1.40 bits per heavy atom. The van der Waals surface area contributed by atoms with Crippen LogP contribution in [0.25, 0.3) is 10.7 Å². The summed E-state index contributed by atoms with van der Waals surface area (Å²) in [5.74, 6) is 2.84. The molecular weight excluding hydrogens is 272 g/mol. The van der Waals surface area contributed by atoms with Crippen molar-refractivity contribution < 1.29 is 4.52 Å². The summed E-state index contributed by atoms with van der Waals surface area (Å²) in [4.78, 5) is 7.95. The third-order valence-corrected chi connectivity index (χ3v) is 5.42. The Bertz CT molecular complexity index is 582. The largest absolute Gasteiger partial charge is 0.338 e. The highest BCUT2D eigenvalue weighted by Gasteiger charge is 2.41. The van der Waals surface area contributed by atoms with Crippen molar-refractivity contribution in [1.82, 2.24) is 15.0 Å². The predicted octanol–water partition coefficient (Wildman–Crippen LogP) is 1.97. The number of likely N-dealkylation sites (tertiary alicyclic amines) is 1. The number of hydrogen-bond donors (Lipinski definition) is 1. The van der Waals surface area contributed by atoms with Gasteiger partial charge in [-0.25, -0.2) is 0 Å². The van der Waals surface area contributed by atoms with Crippen molar-refractivity contribution in [1.29, 1.82) is 0 Å². The molecule has 1 aliphatic heterocycles. The molecule has 2 fully saturated rings. The summed E-state index contributed by atoms with van der Waals surface area (Å²) in [5.41, 5.74) is 6.17. The quantitative estimate of drug-likeness (QED) is 0.936. The number of rotatable bonds is 3. The van der Waals surface area contributed by atoms with E-state index in [1.165, 1.54) is 12.8 Å². The topological polar surface area (TPSA) is 68.2 Å². The Morgan fingerprint density at radius 2 is 2.35 bits per heavy atom. The first-order valence-electron chi connectivity index (χ1n) is 7.14. The van der Waals surface area contributed by atoms with E-state index in [4.69, 9.17) is 10.3 Å². The monoisotopic (exact) mass is 290 g/mol. The van der Waals surface area contributed by atoms with Gasteiger partial charge in [0.1, 0.15) is 0 Å². The van der Waals surface area contributed by atoms with E-state index in [-0.39, 0.29) is 0 Å². The molecule has 0 amide bonds. The van der Waals surface area contributed by atoms with E-state index >= 15 is 0 Å². The molecule has 0 bridgehead atoms. The van der Waals surface area contributed by atoms with Crippen LogP contribution in [0.2, 0.25) is 0 Å². The lowest BCUT2D eigenvalue weighted by Crippen LogP contribution is -2.30. The molecule has 0 radical (unpaired) electrons. The molecule has 1 saturated carbocycles. The predicted molar refractivity (Wildman–Crippen MR) is 77.1 cm³/mol. The van der Waals surface area contributed by atoms with E-state index in [1.54, 1.807) is 11.3 Å². The van der Waals surface area contributed by atoms with Crippen molar-refractivity contribution in [2.75, 3.05) is 13.1 Å². The first kappa shape index (κ1) is 12.5. The average molecular weight is 290 g/mol. The fraction of sp³-hybridized carbons (Fsp3) is 0.571. The third-order valence-electron chi connectivity index (χ3n) is 4.56. The van der Waals surface area contributed by atoms with Crippen LogP contribution in [0.3, 0.4) is 0 Å². The van der Waals surface area contributed by atoms with Gasteiger partial charge >= 0.3 is 0 Å². The first-order chi connectivity index (χ1) is 9.79. The van der Waals surface area contributed by atoms with Crippen molar-refractivity contribution in [2.24, 2.45) is 17.6 Å². The zero-order chi connectivity index (χ0) is 13.5. The molecule has 2 aromatic rings. The second kappa shape index (κ2) is 4.95. The number of nitrogens with two attached hydrogens (primary N) is 1. The first-order valence-corrected chi connectivity index (χ1v) is 8.02. The molecule has 20 heavy (non-hydrogen) atoms. The van der Waals surface area contributed by atoms with Crippen LogP contribution in [0.5, 0.6) is 0 Å². The highest BCUT2D eigenvalue weighted by molar-refractivity contribution is 7.13. The molecule has 106 valence electrons. The van der Waals surface area contributed by atoms with Crippen molar-refractivity contribution in [3.63, 3.8) is 0 Å². The third kappa shape index (κ3) is 2.17. The van der Waals surface area contributed by atoms with E-state index in [0.717, 1.165) is 30.4 Å². The van der Waals surface area contributed by atoms with Crippen LogP contribution >= 0.6 is 11.3 Å². The van der Waals surface area contributed by atoms with Gasteiger partial charge < -0.3 is 10.3 Å². The second-order valence-electron chi connectivity index (χ2n) is 5.85. The fourth-order valence-corrected chi connectivity index (χ4v) is 4.19. The highest BCUT2D eigenvalue weighted by Crippen LogP contribution is 2.37. The molecule has 5 nitrogen and oxygen atoms in total. The summed E-state index contributed by atoms with van der Waals surface area (Å²) >= 11 is 1.63. The van der Waals surface area contributed by atoms with E-state index < -0.39 is 0 Å². The number of fused-ring (bicyclic) bond motifs is 1. The molecule has 6 heteroatoms. The normalized spacial score (nSPS) is 29.9. The molecule has 3 atom stereocenters. The lowest BCUT2D eigenvalue weighted by atomic mass is 9.98. The average Bonchev–Trinajstić information content (AvgIpc) is 3.17.